The van der Waals surface area contributed by atoms with Gasteiger partial charge in [-0.15, -0.1) is 0 Å². The molecule has 1 aliphatic carbocycles. The smallest absolute Gasteiger partial charge is 0.132 e. The van der Waals surface area contributed by atoms with Crippen LogP contribution in [0.2, 0.25) is 0 Å². The molecule has 0 atom stereocenters. The number of pyridine rings is 2. The molecule has 0 spiro atoms. The van der Waals surface area contributed by atoms with E-state index in [1.54, 1.807) is 17.5 Å². The molecule has 3 rings (SSSR count). The van der Waals surface area contributed by atoms with Crippen LogP contribution in [0.25, 0.3) is 0 Å². The topological polar surface area (TPSA) is 102 Å². The van der Waals surface area contributed by atoms with E-state index in [-0.39, 0.29) is 0 Å². The van der Waals surface area contributed by atoms with Gasteiger partial charge in [0.2, 0.25) is 0 Å². The van der Waals surface area contributed by atoms with Crippen LogP contribution in [0.15, 0.2) is 70.9 Å². The van der Waals surface area contributed by atoms with E-state index in [1.807, 2.05) is 36.4 Å². The molecule has 0 radical (unpaired) electrons. The Morgan fingerprint density at radius 3 is 1.70 bits per heavy atom. The number of nitrogens with one attached hydrogen (secondary N) is 2. The Morgan fingerprint density at radius 2 is 1.30 bits per heavy atom. The van der Waals surface area contributed by atoms with Gasteiger partial charge in [-0.2, -0.15) is 12.6 Å². The zero-order valence-electron chi connectivity index (χ0n) is 12.2. The average Bonchev–Trinajstić information content (AvgIpc) is 2.89. The standard InChI is InChI=1S/C16H16N6S/c17-13-3-1-5-15(21-13)19-11-7-10(9-23)8-12(11)20-16-6-2-4-14(18)22-16/h1-9,23H,(H3,17,19,21)(H3,18,20,22). The summed E-state index contributed by atoms with van der Waals surface area (Å²) in [5.74, 6) is 2.22. The Bertz CT molecular complexity index is 759. The molecular formula is C16H16N6S. The van der Waals surface area contributed by atoms with E-state index in [0.29, 0.717) is 23.3 Å². The molecule has 2 aromatic rings. The van der Waals surface area contributed by atoms with Crippen LogP contribution in [0, 0.1) is 0 Å². The first kappa shape index (κ1) is 15.0. The van der Waals surface area contributed by atoms with E-state index in [2.05, 4.69) is 33.2 Å². The van der Waals surface area contributed by atoms with Crippen LogP contribution >= 0.6 is 12.6 Å². The fourth-order valence-electron chi connectivity index (χ4n) is 2.13. The second kappa shape index (κ2) is 6.45. The van der Waals surface area contributed by atoms with E-state index >= 15 is 0 Å². The summed E-state index contributed by atoms with van der Waals surface area (Å²) < 4.78 is 0. The van der Waals surface area contributed by atoms with Gasteiger partial charge in [-0.05, 0) is 47.4 Å². The quantitative estimate of drug-likeness (QED) is 0.554. The van der Waals surface area contributed by atoms with Crippen LogP contribution in [0.3, 0.4) is 0 Å². The van der Waals surface area contributed by atoms with E-state index in [0.717, 1.165) is 17.0 Å². The van der Waals surface area contributed by atoms with Gasteiger partial charge in [0.15, 0.2) is 0 Å². The molecule has 6 nitrogen and oxygen atoms in total. The summed E-state index contributed by atoms with van der Waals surface area (Å²) in [5.41, 5.74) is 14.1. The third-order valence-electron chi connectivity index (χ3n) is 3.13. The molecule has 0 saturated carbocycles. The summed E-state index contributed by atoms with van der Waals surface area (Å²) in [5, 5.41) is 8.19. The van der Waals surface area contributed by atoms with Crippen LogP contribution < -0.4 is 22.1 Å². The molecule has 0 aliphatic heterocycles. The van der Waals surface area contributed by atoms with Crippen molar-refractivity contribution in [1.82, 2.24) is 9.97 Å². The normalized spacial score (nSPS) is 13.3. The second-order valence-electron chi connectivity index (χ2n) is 4.89. The van der Waals surface area contributed by atoms with Crippen molar-refractivity contribution in [2.75, 3.05) is 22.1 Å². The molecule has 0 bridgehead atoms. The molecule has 6 N–H and O–H groups in total. The maximum atomic E-state index is 5.71. The SMILES string of the molecule is Nc1cccc(NC2=CC(=CS)C=C2Nc2cccc(N)n2)n1. The van der Waals surface area contributed by atoms with Crippen LogP contribution in [0.5, 0.6) is 0 Å². The fraction of sp³-hybridized carbons (Fsp3) is 0. The predicted molar refractivity (Wildman–Crippen MR) is 97.8 cm³/mol. The van der Waals surface area contributed by atoms with Gasteiger partial charge >= 0.3 is 0 Å². The molecule has 2 aromatic heterocycles. The Labute approximate surface area is 139 Å². The fourth-order valence-corrected chi connectivity index (χ4v) is 2.28. The number of nitrogens with two attached hydrogens (primary N) is 2. The molecule has 0 aromatic carbocycles. The lowest BCUT2D eigenvalue weighted by atomic mass is 10.3. The van der Waals surface area contributed by atoms with Gasteiger partial charge in [0.05, 0.1) is 11.4 Å². The summed E-state index contributed by atoms with van der Waals surface area (Å²) in [7, 11) is 0. The van der Waals surface area contributed by atoms with E-state index in [4.69, 9.17) is 11.5 Å². The lowest BCUT2D eigenvalue weighted by Crippen LogP contribution is -2.10. The highest BCUT2D eigenvalue weighted by Crippen LogP contribution is 2.26. The van der Waals surface area contributed by atoms with E-state index in [1.165, 1.54) is 0 Å². The Balaban J connectivity index is 1.84. The summed E-state index contributed by atoms with van der Waals surface area (Å²) >= 11 is 4.20. The maximum absolute atomic E-state index is 5.71. The van der Waals surface area contributed by atoms with Crippen molar-refractivity contribution >= 4 is 35.9 Å². The lowest BCUT2D eigenvalue weighted by molar-refractivity contribution is 1.24. The van der Waals surface area contributed by atoms with Gasteiger partial charge in [-0.1, -0.05) is 12.1 Å². The van der Waals surface area contributed by atoms with Crippen LogP contribution in [0.4, 0.5) is 23.3 Å². The van der Waals surface area contributed by atoms with Gasteiger partial charge in [0, 0.05) is 0 Å². The molecule has 0 saturated heterocycles. The van der Waals surface area contributed by atoms with Crippen molar-refractivity contribution in [2.24, 2.45) is 0 Å². The molecular weight excluding hydrogens is 308 g/mol. The summed E-state index contributed by atoms with van der Waals surface area (Å²) in [4.78, 5) is 8.48. The summed E-state index contributed by atoms with van der Waals surface area (Å²) in [6, 6.07) is 10.8. The number of rotatable bonds is 4. The van der Waals surface area contributed by atoms with Gasteiger partial charge in [-0.25, -0.2) is 9.97 Å². The van der Waals surface area contributed by atoms with Crippen molar-refractivity contribution in [3.63, 3.8) is 0 Å². The first-order valence-electron chi connectivity index (χ1n) is 6.91. The minimum Gasteiger partial charge on any atom is -0.384 e. The number of nitrogen functional groups attached to an aromatic ring is 2. The summed E-state index contributed by atoms with van der Waals surface area (Å²) in [6.45, 7) is 0. The molecule has 0 fully saturated rings. The number of hydrogen-bond acceptors (Lipinski definition) is 7. The van der Waals surface area contributed by atoms with Crippen molar-refractivity contribution in [3.05, 3.63) is 70.9 Å². The number of hydrogen-bond donors (Lipinski definition) is 5. The van der Waals surface area contributed by atoms with Crippen molar-refractivity contribution in [1.29, 1.82) is 0 Å². The minimum absolute atomic E-state index is 0.453. The number of allylic oxidation sites excluding steroid dienone is 3. The molecule has 2 heterocycles. The van der Waals surface area contributed by atoms with Gasteiger partial charge < -0.3 is 22.1 Å². The first-order chi connectivity index (χ1) is 11.1. The lowest BCUT2D eigenvalue weighted by Gasteiger charge is -2.13. The van der Waals surface area contributed by atoms with Crippen molar-refractivity contribution in [3.8, 4) is 0 Å². The largest absolute Gasteiger partial charge is 0.384 e. The monoisotopic (exact) mass is 324 g/mol. The molecule has 23 heavy (non-hydrogen) atoms. The van der Waals surface area contributed by atoms with Gasteiger partial charge in [0.25, 0.3) is 0 Å². The van der Waals surface area contributed by atoms with Crippen LogP contribution in [0.1, 0.15) is 0 Å². The Hall–Kier alpha value is -2.93. The third kappa shape index (κ3) is 3.64. The number of thiol groups is 1. The van der Waals surface area contributed by atoms with E-state index < -0.39 is 0 Å². The van der Waals surface area contributed by atoms with Crippen molar-refractivity contribution in [2.45, 2.75) is 0 Å². The highest BCUT2D eigenvalue weighted by Gasteiger charge is 2.14. The van der Waals surface area contributed by atoms with Crippen LogP contribution in [-0.4, -0.2) is 9.97 Å². The third-order valence-corrected chi connectivity index (χ3v) is 3.43. The highest BCUT2D eigenvalue weighted by molar-refractivity contribution is 7.83. The number of anilines is 4. The molecule has 0 amide bonds. The molecule has 0 unspecified atom stereocenters. The molecule has 7 heteroatoms. The second-order valence-corrected chi connectivity index (χ2v) is 5.15. The highest BCUT2D eigenvalue weighted by atomic mass is 32.1. The Morgan fingerprint density at radius 1 is 0.826 bits per heavy atom. The number of nitrogens with zero attached hydrogens (tertiary/aromatic N) is 2. The molecule has 116 valence electrons. The predicted octanol–water partition coefficient (Wildman–Crippen LogP) is 2.76. The van der Waals surface area contributed by atoms with Gasteiger partial charge in [-0.3, -0.25) is 0 Å². The van der Waals surface area contributed by atoms with E-state index in [9.17, 15) is 0 Å². The van der Waals surface area contributed by atoms with Crippen molar-refractivity contribution < 1.29 is 0 Å². The van der Waals surface area contributed by atoms with Crippen LogP contribution in [-0.2, 0) is 0 Å². The molecule has 1 aliphatic rings. The Kier molecular flexibility index (Phi) is 4.20. The zero-order valence-corrected chi connectivity index (χ0v) is 13.1. The zero-order chi connectivity index (χ0) is 16.2. The number of aromatic nitrogens is 2. The summed E-state index contributed by atoms with van der Waals surface area (Å²) in [6.07, 6.45) is 3.90. The average molecular weight is 324 g/mol. The minimum atomic E-state index is 0.453. The maximum Gasteiger partial charge on any atom is 0.132 e. The van der Waals surface area contributed by atoms with Gasteiger partial charge in [0.1, 0.15) is 23.3 Å². The first-order valence-corrected chi connectivity index (χ1v) is 7.43.